The lowest BCUT2D eigenvalue weighted by Gasteiger charge is -2.33. The lowest BCUT2D eigenvalue weighted by atomic mass is 9.98. The molecule has 3 aromatic heterocycles. The minimum Gasteiger partial charge on any atom is -0.478 e. The number of fused-ring (bicyclic) bond motifs is 1. The maximum absolute atomic E-state index is 14.5. The monoisotopic (exact) mass is 557 g/mol. The Morgan fingerprint density at radius 2 is 1.76 bits per heavy atom. The highest BCUT2D eigenvalue weighted by atomic mass is 35.5. The van der Waals surface area contributed by atoms with Gasteiger partial charge < -0.3 is 10.0 Å². The summed E-state index contributed by atoms with van der Waals surface area (Å²) in [7, 11) is 1.39. The number of anilines is 1. The summed E-state index contributed by atoms with van der Waals surface area (Å²) in [5, 5.41) is 15.8. The molecule has 1 fully saturated rings. The van der Waals surface area contributed by atoms with E-state index in [-0.39, 0.29) is 16.5 Å². The standard InChI is InChI=1S/C17H15ClF3N5.C6H6F2N2O2/c1-9-2-4-25(5-3-9)16-14(13-11(20)6-10(19)7-12(13)21)15(18)24-17-22-8-23-26(16)17;1-10-2-3(6(11)12)4(9-10)5(7)8/h6-9H,2-5H2,1H3;2,5H,1H3,(H,11,12). The molecule has 0 radical (unpaired) electrons. The SMILES string of the molecule is CC1CCN(c2c(-c3c(F)cc(F)cc3F)c(Cl)nc3ncnn23)CC1.Cn1cc(C(=O)O)c(C(F)F)n1. The van der Waals surface area contributed by atoms with Crippen LogP contribution < -0.4 is 4.90 Å². The molecule has 0 bridgehead atoms. The number of rotatable bonds is 4. The van der Waals surface area contributed by atoms with Gasteiger partial charge in [-0.3, -0.25) is 4.68 Å². The third-order valence-electron chi connectivity index (χ3n) is 5.99. The molecule has 1 aliphatic heterocycles. The lowest BCUT2D eigenvalue weighted by molar-refractivity contribution is 0.0684. The molecule has 38 heavy (non-hydrogen) atoms. The quantitative estimate of drug-likeness (QED) is 0.273. The van der Waals surface area contributed by atoms with E-state index in [9.17, 15) is 26.7 Å². The Bertz CT molecular complexity index is 1460. The molecule has 1 aliphatic rings. The molecule has 15 heteroatoms. The fraction of sp³-hybridized carbons (Fsp3) is 0.348. The van der Waals surface area contributed by atoms with E-state index in [1.54, 1.807) is 0 Å². The molecule has 9 nitrogen and oxygen atoms in total. The first-order chi connectivity index (χ1) is 18.0. The van der Waals surface area contributed by atoms with Gasteiger partial charge in [0.2, 0.25) is 0 Å². The number of benzene rings is 1. The van der Waals surface area contributed by atoms with Crippen LogP contribution in [0.25, 0.3) is 16.9 Å². The van der Waals surface area contributed by atoms with E-state index in [1.807, 2.05) is 4.90 Å². The number of aryl methyl sites for hydroxylation is 1. The zero-order valence-corrected chi connectivity index (χ0v) is 20.8. The molecule has 1 saturated heterocycles. The number of carboxylic acids is 1. The maximum atomic E-state index is 14.5. The van der Waals surface area contributed by atoms with Crippen molar-refractivity contribution < 1.29 is 31.9 Å². The Balaban J connectivity index is 0.000000236. The average molecular weight is 558 g/mol. The van der Waals surface area contributed by atoms with Gasteiger partial charge in [0.15, 0.2) is 0 Å². The predicted molar refractivity (Wildman–Crippen MR) is 127 cm³/mol. The summed E-state index contributed by atoms with van der Waals surface area (Å²) in [5.41, 5.74) is -1.51. The summed E-state index contributed by atoms with van der Waals surface area (Å²) in [6.45, 7) is 3.50. The highest BCUT2D eigenvalue weighted by Gasteiger charge is 2.29. The second-order valence-corrected chi connectivity index (χ2v) is 9.05. The topological polar surface area (TPSA) is 101 Å². The minimum absolute atomic E-state index is 0.0502. The smallest absolute Gasteiger partial charge is 0.339 e. The lowest BCUT2D eigenvalue weighted by Crippen LogP contribution is -2.35. The Kier molecular flexibility index (Phi) is 7.81. The van der Waals surface area contributed by atoms with Crippen molar-refractivity contribution in [1.29, 1.82) is 0 Å². The molecule has 5 rings (SSSR count). The van der Waals surface area contributed by atoms with E-state index in [0.717, 1.165) is 23.7 Å². The number of aromatic nitrogens is 6. The molecular formula is C23H21ClF5N7O2. The summed E-state index contributed by atoms with van der Waals surface area (Å²) in [6, 6.07) is 1.25. The maximum Gasteiger partial charge on any atom is 0.339 e. The molecule has 0 spiro atoms. The predicted octanol–water partition coefficient (Wildman–Crippen LogP) is 5.15. The molecule has 0 unspecified atom stereocenters. The second kappa shape index (κ2) is 10.9. The van der Waals surface area contributed by atoms with E-state index in [1.165, 1.54) is 17.9 Å². The number of hydrogen-bond donors (Lipinski definition) is 1. The van der Waals surface area contributed by atoms with Gasteiger partial charge in [0.25, 0.3) is 12.2 Å². The number of alkyl halides is 2. The van der Waals surface area contributed by atoms with E-state index < -0.39 is 46.7 Å². The molecule has 0 saturated carbocycles. The van der Waals surface area contributed by atoms with Crippen LogP contribution >= 0.6 is 11.6 Å². The van der Waals surface area contributed by atoms with Crippen LogP contribution in [-0.2, 0) is 7.05 Å². The minimum atomic E-state index is -2.85. The van der Waals surface area contributed by atoms with Gasteiger partial charge in [-0.05, 0) is 18.8 Å². The van der Waals surface area contributed by atoms with E-state index >= 15 is 0 Å². The van der Waals surface area contributed by atoms with Crippen molar-refractivity contribution in [3.63, 3.8) is 0 Å². The van der Waals surface area contributed by atoms with Gasteiger partial charge in [-0.15, -0.1) is 0 Å². The van der Waals surface area contributed by atoms with Crippen molar-refractivity contribution in [1.82, 2.24) is 29.4 Å². The van der Waals surface area contributed by atoms with Gasteiger partial charge in [-0.2, -0.15) is 24.7 Å². The van der Waals surface area contributed by atoms with E-state index in [0.29, 0.717) is 37.0 Å². The number of hydrogen-bond acceptors (Lipinski definition) is 6. The summed E-state index contributed by atoms with van der Waals surface area (Å²) in [6.07, 6.45) is 1.34. The third-order valence-corrected chi connectivity index (χ3v) is 6.27. The van der Waals surface area contributed by atoms with Crippen molar-refractivity contribution in [3.8, 4) is 11.1 Å². The molecule has 0 atom stereocenters. The van der Waals surface area contributed by atoms with Crippen LogP contribution in [0.5, 0.6) is 0 Å². The second-order valence-electron chi connectivity index (χ2n) is 8.69. The molecule has 202 valence electrons. The van der Waals surface area contributed by atoms with Crippen molar-refractivity contribution >= 4 is 29.2 Å². The highest BCUT2D eigenvalue weighted by Crippen LogP contribution is 2.40. The Labute approximate surface area is 217 Å². The van der Waals surface area contributed by atoms with Crippen molar-refractivity contribution in [3.05, 3.63) is 58.5 Å². The number of carbonyl (C=O) groups is 1. The molecule has 0 amide bonds. The Hall–Kier alpha value is -3.81. The van der Waals surface area contributed by atoms with Gasteiger partial charge in [-0.1, -0.05) is 18.5 Å². The zero-order valence-electron chi connectivity index (χ0n) is 20.0. The Morgan fingerprint density at radius 1 is 1.13 bits per heavy atom. The van der Waals surface area contributed by atoms with Crippen molar-refractivity contribution in [2.45, 2.75) is 26.2 Å². The highest BCUT2D eigenvalue weighted by molar-refractivity contribution is 6.33. The number of piperidine rings is 1. The fourth-order valence-corrected chi connectivity index (χ4v) is 4.40. The van der Waals surface area contributed by atoms with Gasteiger partial charge in [0, 0.05) is 38.5 Å². The van der Waals surface area contributed by atoms with Crippen molar-refractivity contribution in [2.24, 2.45) is 13.0 Å². The number of nitrogens with zero attached hydrogens (tertiary/aromatic N) is 7. The summed E-state index contributed by atoms with van der Waals surface area (Å²) >= 11 is 6.29. The van der Waals surface area contributed by atoms with Crippen LogP contribution in [0.15, 0.2) is 24.7 Å². The first-order valence-corrected chi connectivity index (χ1v) is 11.7. The van der Waals surface area contributed by atoms with Crippen LogP contribution in [0, 0.1) is 23.4 Å². The van der Waals surface area contributed by atoms with Crippen LogP contribution in [-0.4, -0.2) is 53.5 Å². The molecular weight excluding hydrogens is 537 g/mol. The zero-order chi connectivity index (χ0) is 27.7. The number of carboxylic acid groups (broad SMARTS) is 1. The van der Waals surface area contributed by atoms with Gasteiger partial charge >= 0.3 is 5.97 Å². The van der Waals surface area contributed by atoms with Crippen molar-refractivity contribution in [2.75, 3.05) is 18.0 Å². The number of aromatic carboxylic acids is 1. The Morgan fingerprint density at radius 3 is 2.32 bits per heavy atom. The first-order valence-electron chi connectivity index (χ1n) is 11.3. The van der Waals surface area contributed by atoms with Crippen LogP contribution in [0.1, 0.15) is 42.2 Å². The average Bonchev–Trinajstić information content (AvgIpc) is 3.46. The normalized spacial score (nSPS) is 14.2. The van der Waals surface area contributed by atoms with Crippen LogP contribution in [0.4, 0.5) is 27.8 Å². The summed E-state index contributed by atoms with van der Waals surface area (Å²) in [4.78, 5) is 20.4. The summed E-state index contributed by atoms with van der Waals surface area (Å²) < 4.78 is 68.9. The summed E-state index contributed by atoms with van der Waals surface area (Å²) in [5.74, 6) is -3.28. The molecule has 1 aromatic carbocycles. The number of halogens is 6. The molecule has 1 N–H and O–H groups in total. The van der Waals surface area contributed by atoms with E-state index in [4.69, 9.17) is 16.7 Å². The van der Waals surface area contributed by atoms with Crippen LogP contribution in [0.2, 0.25) is 5.15 Å². The van der Waals surface area contributed by atoms with Gasteiger partial charge in [0.1, 0.15) is 46.0 Å². The molecule has 4 aromatic rings. The van der Waals surface area contributed by atoms with E-state index in [2.05, 4.69) is 27.1 Å². The molecule has 4 heterocycles. The largest absolute Gasteiger partial charge is 0.478 e. The van der Waals surface area contributed by atoms with Gasteiger partial charge in [0.05, 0.1) is 11.1 Å². The third kappa shape index (κ3) is 5.39. The van der Waals surface area contributed by atoms with Crippen LogP contribution in [0.3, 0.4) is 0 Å². The first kappa shape index (κ1) is 27.2. The molecule has 0 aliphatic carbocycles. The van der Waals surface area contributed by atoms with Gasteiger partial charge in [-0.25, -0.2) is 26.7 Å². The fourth-order valence-electron chi connectivity index (χ4n) is 4.14.